The van der Waals surface area contributed by atoms with Gasteiger partial charge in [-0.1, -0.05) is 18.2 Å². The van der Waals surface area contributed by atoms with E-state index in [2.05, 4.69) is 0 Å². The Morgan fingerprint density at radius 2 is 2.08 bits per heavy atom. The largest absolute Gasteiger partial charge is 0.450 e. The third-order valence-electron chi connectivity index (χ3n) is 4.62. The minimum atomic E-state index is -0.638. The molecule has 0 bridgehead atoms. The molecular weight excluding hydrogens is 322 g/mol. The first kappa shape index (κ1) is 17.5. The third kappa shape index (κ3) is 3.69. The fraction of sp³-hybridized carbons (Fsp3) is 0.474. The molecule has 1 aromatic carbocycles. The molecule has 1 aliphatic rings. The number of likely N-dealkylation sites (tertiary alicyclic amines) is 1. The molecule has 2 heterocycles. The standard InChI is InChI=1S/C19H23NO5/c1-13-7-5-6-10-20(13)17(21)12-24-19(22)18-15(11-23-2)14-8-3-4-9-16(14)25-18/h3-4,8-9,13H,5-7,10-12H2,1-2H3/t13-/m0/s1. The summed E-state index contributed by atoms with van der Waals surface area (Å²) < 4.78 is 16.0. The maximum Gasteiger partial charge on any atom is 0.375 e. The van der Waals surface area contributed by atoms with E-state index in [0.29, 0.717) is 11.1 Å². The molecule has 3 rings (SSSR count). The highest BCUT2D eigenvalue weighted by atomic mass is 16.5. The number of rotatable bonds is 5. The molecule has 1 aliphatic heterocycles. The van der Waals surface area contributed by atoms with Crippen molar-refractivity contribution in [2.24, 2.45) is 0 Å². The van der Waals surface area contributed by atoms with Crippen LogP contribution in [-0.4, -0.2) is 43.1 Å². The van der Waals surface area contributed by atoms with Crippen LogP contribution in [0.15, 0.2) is 28.7 Å². The van der Waals surface area contributed by atoms with E-state index in [1.54, 1.807) is 18.1 Å². The first-order valence-electron chi connectivity index (χ1n) is 8.57. The number of fused-ring (bicyclic) bond motifs is 1. The van der Waals surface area contributed by atoms with Crippen molar-refractivity contribution < 1.29 is 23.5 Å². The van der Waals surface area contributed by atoms with Gasteiger partial charge in [0.15, 0.2) is 6.61 Å². The smallest absolute Gasteiger partial charge is 0.375 e. The number of amides is 1. The lowest BCUT2D eigenvalue weighted by Gasteiger charge is -2.33. The van der Waals surface area contributed by atoms with E-state index < -0.39 is 5.97 Å². The van der Waals surface area contributed by atoms with Crippen LogP contribution in [0.25, 0.3) is 11.0 Å². The van der Waals surface area contributed by atoms with Gasteiger partial charge >= 0.3 is 5.97 Å². The molecule has 6 nitrogen and oxygen atoms in total. The van der Waals surface area contributed by atoms with E-state index in [1.165, 1.54) is 0 Å². The number of hydrogen-bond acceptors (Lipinski definition) is 5. The predicted molar refractivity (Wildman–Crippen MR) is 92.2 cm³/mol. The number of carbonyl (C=O) groups is 2. The van der Waals surface area contributed by atoms with Gasteiger partial charge in [0.25, 0.3) is 5.91 Å². The van der Waals surface area contributed by atoms with Gasteiger partial charge in [-0.05, 0) is 32.3 Å². The van der Waals surface area contributed by atoms with Crippen LogP contribution in [-0.2, 0) is 20.9 Å². The van der Waals surface area contributed by atoms with E-state index in [-0.39, 0.29) is 30.9 Å². The molecule has 1 amide bonds. The number of carbonyl (C=O) groups excluding carboxylic acids is 2. The number of benzene rings is 1. The number of methoxy groups -OCH3 is 1. The van der Waals surface area contributed by atoms with Gasteiger partial charge in [0.1, 0.15) is 5.58 Å². The van der Waals surface area contributed by atoms with Gasteiger partial charge < -0.3 is 18.8 Å². The molecule has 0 radical (unpaired) electrons. The second-order valence-electron chi connectivity index (χ2n) is 6.35. The van der Waals surface area contributed by atoms with Crippen LogP contribution in [0, 0.1) is 0 Å². The minimum absolute atomic E-state index is 0.0996. The fourth-order valence-electron chi connectivity index (χ4n) is 3.30. The maximum atomic E-state index is 12.4. The van der Waals surface area contributed by atoms with E-state index in [0.717, 1.165) is 31.2 Å². The molecule has 1 saturated heterocycles. The minimum Gasteiger partial charge on any atom is -0.450 e. The first-order valence-corrected chi connectivity index (χ1v) is 8.57. The molecule has 1 atom stereocenters. The molecular formula is C19H23NO5. The van der Waals surface area contributed by atoms with Crippen LogP contribution in [0.4, 0.5) is 0 Å². The number of furan rings is 1. The average molecular weight is 345 g/mol. The van der Waals surface area contributed by atoms with Gasteiger partial charge in [-0.3, -0.25) is 4.79 Å². The zero-order valence-corrected chi connectivity index (χ0v) is 14.6. The summed E-state index contributed by atoms with van der Waals surface area (Å²) in [5, 5.41) is 0.812. The highest BCUT2D eigenvalue weighted by molar-refractivity contribution is 5.96. The molecule has 134 valence electrons. The molecule has 0 aliphatic carbocycles. The van der Waals surface area contributed by atoms with Crippen LogP contribution in [0.2, 0.25) is 0 Å². The number of hydrogen-bond donors (Lipinski definition) is 0. The van der Waals surface area contributed by atoms with Crippen molar-refractivity contribution in [2.45, 2.75) is 38.8 Å². The average Bonchev–Trinajstić information content (AvgIpc) is 2.99. The van der Waals surface area contributed by atoms with Crippen LogP contribution in [0.3, 0.4) is 0 Å². The van der Waals surface area contributed by atoms with E-state index >= 15 is 0 Å². The lowest BCUT2D eigenvalue weighted by molar-refractivity contribution is -0.137. The third-order valence-corrected chi connectivity index (χ3v) is 4.62. The van der Waals surface area contributed by atoms with Crippen LogP contribution in [0.1, 0.15) is 42.3 Å². The van der Waals surface area contributed by atoms with Crippen molar-refractivity contribution in [2.75, 3.05) is 20.3 Å². The first-order chi connectivity index (χ1) is 12.1. The van der Waals surface area contributed by atoms with Crippen molar-refractivity contribution in [3.05, 3.63) is 35.6 Å². The highest BCUT2D eigenvalue weighted by Gasteiger charge is 2.26. The van der Waals surface area contributed by atoms with E-state index in [4.69, 9.17) is 13.9 Å². The molecule has 1 fully saturated rings. The van der Waals surface area contributed by atoms with E-state index in [9.17, 15) is 9.59 Å². The molecule has 6 heteroatoms. The van der Waals surface area contributed by atoms with Gasteiger partial charge in [0.05, 0.1) is 6.61 Å². The summed E-state index contributed by atoms with van der Waals surface area (Å²) in [7, 11) is 1.55. The summed E-state index contributed by atoms with van der Waals surface area (Å²) in [6.45, 7) is 2.71. The monoisotopic (exact) mass is 345 g/mol. The number of piperidine rings is 1. The summed E-state index contributed by atoms with van der Waals surface area (Å²) in [5.74, 6) is -0.700. The summed E-state index contributed by atoms with van der Waals surface area (Å²) in [6, 6.07) is 7.54. The molecule has 0 spiro atoms. The van der Waals surface area contributed by atoms with Crippen molar-refractivity contribution >= 4 is 22.8 Å². The lowest BCUT2D eigenvalue weighted by atomic mass is 10.0. The van der Waals surface area contributed by atoms with Crippen LogP contribution < -0.4 is 0 Å². The summed E-state index contributed by atoms with van der Waals surface area (Å²) >= 11 is 0. The molecule has 0 unspecified atom stereocenters. The SMILES string of the molecule is COCc1c(C(=O)OCC(=O)N2CCCC[C@@H]2C)oc2ccccc12. The number of para-hydroxylation sites is 1. The van der Waals surface area contributed by atoms with Crippen LogP contribution >= 0.6 is 0 Å². The topological polar surface area (TPSA) is 69.0 Å². The molecule has 0 N–H and O–H groups in total. The number of ether oxygens (including phenoxy) is 2. The Morgan fingerprint density at radius 3 is 2.84 bits per heavy atom. The number of esters is 1. The Balaban J connectivity index is 1.71. The molecule has 0 saturated carbocycles. The van der Waals surface area contributed by atoms with Gasteiger partial charge in [0.2, 0.25) is 5.76 Å². The quantitative estimate of drug-likeness (QED) is 0.779. The summed E-state index contributed by atoms with van der Waals surface area (Å²) in [6.07, 6.45) is 3.11. The Hall–Kier alpha value is -2.34. The van der Waals surface area contributed by atoms with Crippen molar-refractivity contribution in [3.63, 3.8) is 0 Å². The maximum absolute atomic E-state index is 12.4. The Kier molecular flexibility index (Phi) is 5.38. The molecule has 25 heavy (non-hydrogen) atoms. The second-order valence-corrected chi connectivity index (χ2v) is 6.35. The fourth-order valence-corrected chi connectivity index (χ4v) is 3.30. The van der Waals surface area contributed by atoms with Gasteiger partial charge in [0, 0.05) is 30.6 Å². The molecule has 2 aromatic rings. The van der Waals surface area contributed by atoms with Gasteiger partial charge in [-0.25, -0.2) is 4.79 Å². The van der Waals surface area contributed by atoms with Crippen molar-refractivity contribution in [1.29, 1.82) is 0 Å². The predicted octanol–water partition coefficient (Wildman–Crippen LogP) is 3.14. The van der Waals surface area contributed by atoms with Gasteiger partial charge in [-0.2, -0.15) is 0 Å². The van der Waals surface area contributed by atoms with Crippen LogP contribution in [0.5, 0.6) is 0 Å². The zero-order chi connectivity index (χ0) is 17.8. The lowest BCUT2D eigenvalue weighted by Crippen LogP contribution is -2.44. The normalized spacial score (nSPS) is 17.7. The summed E-state index contributed by atoms with van der Waals surface area (Å²) in [4.78, 5) is 26.5. The molecule has 1 aromatic heterocycles. The number of nitrogens with zero attached hydrogens (tertiary/aromatic N) is 1. The Morgan fingerprint density at radius 1 is 1.28 bits per heavy atom. The van der Waals surface area contributed by atoms with Crippen molar-refractivity contribution in [1.82, 2.24) is 4.90 Å². The second kappa shape index (κ2) is 7.70. The van der Waals surface area contributed by atoms with Crippen molar-refractivity contribution in [3.8, 4) is 0 Å². The summed E-state index contributed by atoms with van der Waals surface area (Å²) in [5.41, 5.74) is 1.24. The highest BCUT2D eigenvalue weighted by Crippen LogP contribution is 2.27. The Labute approximate surface area is 146 Å². The Bertz CT molecular complexity index is 766. The zero-order valence-electron chi connectivity index (χ0n) is 14.6. The van der Waals surface area contributed by atoms with Gasteiger partial charge in [-0.15, -0.1) is 0 Å². The van der Waals surface area contributed by atoms with E-state index in [1.807, 2.05) is 25.1 Å².